The number of hydrogen-bond acceptors (Lipinski definition) is 5. The van der Waals surface area contributed by atoms with Gasteiger partial charge in [0, 0.05) is 24.6 Å². The van der Waals surface area contributed by atoms with Crippen molar-refractivity contribution in [3.05, 3.63) is 72.1 Å². The summed E-state index contributed by atoms with van der Waals surface area (Å²) >= 11 is 0. The predicted octanol–water partition coefficient (Wildman–Crippen LogP) is 2.98. The SMILES string of the molecule is O=C1COc2cc(NC(=O)[C@H]3CCO[C@@H]3c3ccnn3Cc3ccccc3)ccc2N1. The Hall–Kier alpha value is -3.65. The molecule has 1 aromatic heterocycles. The lowest BCUT2D eigenvalue weighted by Gasteiger charge is -2.21. The molecule has 1 saturated heterocycles. The van der Waals surface area contributed by atoms with Gasteiger partial charge < -0.3 is 20.1 Å². The van der Waals surface area contributed by atoms with Gasteiger partial charge in [0.05, 0.1) is 23.8 Å². The van der Waals surface area contributed by atoms with Crippen molar-refractivity contribution in [1.82, 2.24) is 9.78 Å². The molecule has 0 bridgehead atoms. The van der Waals surface area contributed by atoms with Crippen molar-refractivity contribution in [2.24, 2.45) is 5.92 Å². The van der Waals surface area contributed by atoms with Crippen molar-refractivity contribution >= 4 is 23.2 Å². The first kappa shape index (κ1) is 19.3. The smallest absolute Gasteiger partial charge is 0.262 e. The first-order chi connectivity index (χ1) is 15.2. The van der Waals surface area contributed by atoms with Crippen molar-refractivity contribution in [1.29, 1.82) is 0 Å². The number of aromatic nitrogens is 2. The van der Waals surface area contributed by atoms with Crippen LogP contribution in [0, 0.1) is 5.92 Å². The molecule has 1 fully saturated rings. The first-order valence-electron chi connectivity index (χ1n) is 10.2. The molecule has 0 aliphatic carbocycles. The predicted molar refractivity (Wildman–Crippen MR) is 114 cm³/mol. The van der Waals surface area contributed by atoms with E-state index >= 15 is 0 Å². The highest BCUT2D eigenvalue weighted by Crippen LogP contribution is 2.36. The van der Waals surface area contributed by atoms with Gasteiger partial charge in [0.2, 0.25) is 5.91 Å². The van der Waals surface area contributed by atoms with Crippen molar-refractivity contribution in [2.75, 3.05) is 23.8 Å². The number of carbonyl (C=O) groups excluding carboxylic acids is 2. The third-order valence-corrected chi connectivity index (χ3v) is 5.53. The molecule has 2 aliphatic heterocycles. The van der Waals surface area contributed by atoms with Gasteiger partial charge in [0.1, 0.15) is 11.9 Å². The molecule has 3 heterocycles. The van der Waals surface area contributed by atoms with Crippen molar-refractivity contribution in [3.63, 3.8) is 0 Å². The fourth-order valence-corrected chi connectivity index (χ4v) is 4.01. The van der Waals surface area contributed by atoms with Crippen molar-refractivity contribution < 1.29 is 19.1 Å². The molecule has 0 unspecified atom stereocenters. The molecule has 0 saturated carbocycles. The number of carbonyl (C=O) groups is 2. The first-order valence-corrected chi connectivity index (χ1v) is 10.2. The molecular formula is C23H22N4O4. The molecule has 158 valence electrons. The lowest BCUT2D eigenvalue weighted by Crippen LogP contribution is -2.27. The third kappa shape index (κ3) is 4.02. The number of hydrogen-bond donors (Lipinski definition) is 2. The maximum Gasteiger partial charge on any atom is 0.262 e. The van der Waals surface area contributed by atoms with E-state index < -0.39 is 0 Å². The van der Waals surface area contributed by atoms with Crippen LogP contribution in [0.2, 0.25) is 0 Å². The highest BCUT2D eigenvalue weighted by Gasteiger charge is 2.37. The molecular weight excluding hydrogens is 396 g/mol. The Morgan fingerprint density at radius 2 is 2.06 bits per heavy atom. The minimum Gasteiger partial charge on any atom is -0.482 e. The molecule has 2 aromatic carbocycles. The number of benzene rings is 2. The van der Waals surface area contributed by atoms with E-state index in [0.717, 1.165) is 11.3 Å². The molecule has 8 heteroatoms. The van der Waals surface area contributed by atoms with Crippen LogP contribution < -0.4 is 15.4 Å². The topological polar surface area (TPSA) is 94.5 Å². The highest BCUT2D eigenvalue weighted by atomic mass is 16.5. The van der Waals surface area contributed by atoms with E-state index in [4.69, 9.17) is 9.47 Å². The van der Waals surface area contributed by atoms with Crippen LogP contribution in [0.1, 0.15) is 23.8 Å². The number of nitrogens with one attached hydrogen (secondary N) is 2. The Kier molecular flexibility index (Phi) is 5.13. The molecule has 5 rings (SSSR count). The quantitative estimate of drug-likeness (QED) is 0.664. The minimum atomic E-state index is -0.362. The Bertz CT molecular complexity index is 1110. The average Bonchev–Trinajstić information content (AvgIpc) is 3.44. The maximum absolute atomic E-state index is 13.1. The Morgan fingerprint density at radius 3 is 2.94 bits per heavy atom. The van der Waals surface area contributed by atoms with Gasteiger partial charge in [0.15, 0.2) is 6.61 Å². The number of ether oxygens (including phenoxy) is 2. The summed E-state index contributed by atoms with van der Waals surface area (Å²) in [4.78, 5) is 24.5. The van der Waals surface area contributed by atoms with Crippen molar-refractivity contribution in [2.45, 2.75) is 19.1 Å². The molecule has 2 N–H and O–H groups in total. The van der Waals surface area contributed by atoms with Crippen LogP contribution in [0.3, 0.4) is 0 Å². The largest absolute Gasteiger partial charge is 0.482 e. The van der Waals surface area contributed by atoms with Gasteiger partial charge in [-0.25, -0.2) is 0 Å². The second-order valence-corrected chi connectivity index (χ2v) is 7.62. The summed E-state index contributed by atoms with van der Waals surface area (Å²) < 4.78 is 13.3. The number of amides is 2. The number of anilines is 2. The molecule has 3 aromatic rings. The molecule has 2 amide bonds. The fourth-order valence-electron chi connectivity index (χ4n) is 4.01. The van der Waals surface area contributed by atoms with E-state index in [1.54, 1.807) is 24.4 Å². The second-order valence-electron chi connectivity index (χ2n) is 7.62. The van der Waals surface area contributed by atoms with Crippen LogP contribution in [-0.4, -0.2) is 34.8 Å². The van der Waals surface area contributed by atoms with E-state index in [1.807, 2.05) is 41.1 Å². The Morgan fingerprint density at radius 1 is 1.19 bits per heavy atom. The van der Waals surface area contributed by atoms with Gasteiger partial charge in [-0.15, -0.1) is 0 Å². The van der Waals surface area contributed by atoms with Gasteiger partial charge in [-0.3, -0.25) is 14.3 Å². The average molecular weight is 418 g/mol. The summed E-state index contributed by atoms with van der Waals surface area (Å²) in [5.41, 5.74) is 3.23. The zero-order valence-electron chi connectivity index (χ0n) is 16.8. The number of fused-ring (bicyclic) bond motifs is 1. The van der Waals surface area contributed by atoms with Crippen LogP contribution in [0.15, 0.2) is 60.8 Å². The molecule has 0 radical (unpaired) electrons. The number of nitrogens with zero attached hydrogens (tertiary/aromatic N) is 2. The van der Waals surface area contributed by atoms with E-state index in [9.17, 15) is 9.59 Å². The van der Waals surface area contributed by atoms with E-state index in [0.29, 0.717) is 36.7 Å². The summed E-state index contributed by atoms with van der Waals surface area (Å²) in [5.74, 6) is -0.0995. The van der Waals surface area contributed by atoms with E-state index in [2.05, 4.69) is 15.7 Å². The van der Waals surface area contributed by atoms with Crippen LogP contribution >= 0.6 is 0 Å². The summed E-state index contributed by atoms with van der Waals surface area (Å²) in [5, 5.41) is 10.1. The van der Waals surface area contributed by atoms with E-state index in [1.165, 1.54) is 0 Å². The summed E-state index contributed by atoms with van der Waals surface area (Å²) in [6, 6.07) is 17.2. The van der Waals surface area contributed by atoms with Gasteiger partial charge in [-0.05, 0) is 30.2 Å². The van der Waals surface area contributed by atoms with Gasteiger partial charge in [-0.1, -0.05) is 30.3 Å². The second kappa shape index (κ2) is 8.23. The van der Waals surface area contributed by atoms with E-state index in [-0.39, 0.29) is 30.4 Å². The summed E-state index contributed by atoms with van der Waals surface area (Å²) in [7, 11) is 0. The van der Waals surface area contributed by atoms with Crippen LogP contribution in [0.25, 0.3) is 0 Å². The molecule has 8 nitrogen and oxygen atoms in total. The van der Waals surface area contributed by atoms with Crippen LogP contribution in [0.4, 0.5) is 11.4 Å². The molecule has 31 heavy (non-hydrogen) atoms. The highest BCUT2D eigenvalue weighted by molar-refractivity contribution is 5.97. The number of rotatable bonds is 5. The monoisotopic (exact) mass is 418 g/mol. The van der Waals surface area contributed by atoms with Crippen LogP contribution in [-0.2, 0) is 20.9 Å². The summed E-state index contributed by atoms with van der Waals surface area (Å²) in [6.07, 6.45) is 2.01. The normalized spacial score (nSPS) is 19.9. The van der Waals surface area contributed by atoms with Crippen LogP contribution in [0.5, 0.6) is 5.75 Å². The summed E-state index contributed by atoms with van der Waals surface area (Å²) in [6.45, 7) is 1.10. The Balaban J connectivity index is 1.31. The third-order valence-electron chi connectivity index (χ3n) is 5.53. The lowest BCUT2D eigenvalue weighted by atomic mass is 9.97. The molecule has 2 aliphatic rings. The van der Waals surface area contributed by atoms with Gasteiger partial charge in [-0.2, -0.15) is 5.10 Å². The zero-order chi connectivity index (χ0) is 21.2. The lowest BCUT2D eigenvalue weighted by molar-refractivity contribution is -0.121. The maximum atomic E-state index is 13.1. The van der Waals surface area contributed by atoms with Crippen molar-refractivity contribution in [3.8, 4) is 5.75 Å². The molecule has 2 atom stereocenters. The van der Waals surface area contributed by atoms with Gasteiger partial charge >= 0.3 is 0 Å². The Labute approximate surface area is 179 Å². The standard InChI is InChI=1S/C23H22N4O4/c28-21-14-31-20-12-16(6-7-18(20)26-21)25-23(29)17-9-11-30-22(17)19-8-10-24-27(19)13-15-4-2-1-3-5-15/h1-8,10,12,17,22H,9,11,13-14H2,(H,25,29)(H,26,28)/t17-,22-/m0/s1. The minimum absolute atomic E-state index is 0.0334. The molecule has 0 spiro atoms. The fraction of sp³-hybridized carbons (Fsp3) is 0.261. The van der Waals surface area contributed by atoms with Gasteiger partial charge in [0.25, 0.3) is 5.91 Å². The zero-order valence-corrected chi connectivity index (χ0v) is 16.8.